The van der Waals surface area contributed by atoms with Gasteiger partial charge in [0, 0.05) is 5.56 Å². The lowest BCUT2D eigenvalue weighted by Crippen LogP contribution is -2.41. The predicted molar refractivity (Wildman–Crippen MR) is 100.0 cm³/mol. The zero-order chi connectivity index (χ0) is 19.2. The number of carbonyl (C=O) groups is 1. The normalized spacial score (nSPS) is 18.8. The molecule has 2 rings (SSSR count). The second kappa shape index (κ2) is 6.19. The Bertz CT molecular complexity index is 719. The molecule has 0 atom stereocenters. The minimum absolute atomic E-state index is 0.401. The zero-order valence-electron chi connectivity index (χ0n) is 16.4. The molecule has 0 amide bonds. The van der Waals surface area contributed by atoms with Gasteiger partial charge in [0.2, 0.25) is 0 Å². The summed E-state index contributed by atoms with van der Waals surface area (Å²) in [6, 6.07) is 3.44. The van der Waals surface area contributed by atoms with Crippen molar-refractivity contribution in [2.24, 2.45) is 0 Å². The first-order chi connectivity index (χ1) is 11.3. The van der Waals surface area contributed by atoms with E-state index in [9.17, 15) is 4.79 Å². The summed E-state index contributed by atoms with van der Waals surface area (Å²) in [7, 11) is -0.584. The molecule has 1 heterocycles. The van der Waals surface area contributed by atoms with Gasteiger partial charge in [-0.15, -0.1) is 6.42 Å². The van der Waals surface area contributed by atoms with Gasteiger partial charge in [-0.3, -0.25) is 0 Å². The molecule has 0 saturated carbocycles. The van der Waals surface area contributed by atoms with Gasteiger partial charge in [0.05, 0.1) is 16.8 Å². The molecule has 5 heteroatoms. The molecule has 0 spiro atoms. The first-order valence-electron chi connectivity index (χ1n) is 8.47. The van der Waals surface area contributed by atoms with Crippen LogP contribution in [-0.2, 0) is 14.0 Å². The second-order valence-electron chi connectivity index (χ2n) is 8.47. The van der Waals surface area contributed by atoms with Gasteiger partial charge < -0.3 is 14.0 Å². The van der Waals surface area contributed by atoms with Crippen LogP contribution in [-0.4, -0.2) is 29.9 Å². The SMILES string of the molecule is C#Cc1cc(C(=O)OC(C)(C)C)cc(B2OC(C)(C)C(C)(C)O2)c1C. The third kappa shape index (κ3) is 3.91. The number of carbonyl (C=O) groups excluding carboxylic acids is 1. The Morgan fingerprint density at radius 2 is 1.68 bits per heavy atom. The maximum absolute atomic E-state index is 12.5. The average molecular weight is 342 g/mol. The van der Waals surface area contributed by atoms with E-state index in [2.05, 4.69) is 5.92 Å². The van der Waals surface area contributed by atoms with Gasteiger partial charge in [0.1, 0.15) is 5.60 Å². The molecule has 0 aliphatic carbocycles. The van der Waals surface area contributed by atoms with Crippen LogP contribution >= 0.6 is 0 Å². The zero-order valence-corrected chi connectivity index (χ0v) is 16.4. The molecule has 1 aromatic rings. The maximum atomic E-state index is 12.5. The molecular weight excluding hydrogens is 315 g/mol. The first kappa shape index (κ1) is 19.6. The van der Waals surface area contributed by atoms with Crippen molar-refractivity contribution in [1.82, 2.24) is 0 Å². The van der Waals surface area contributed by atoms with E-state index in [0.29, 0.717) is 11.1 Å². The summed E-state index contributed by atoms with van der Waals surface area (Å²) in [4.78, 5) is 12.5. The fourth-order valence-electron chi connectivity index (χ4n) is 2.56. The van der Waals surface area contributed by atoms with E-state index in [1.165, 1.54) is 0 Å². The Hall–Kier alpha value is -1.77. The van der Waals surface area contributed by atoms with Gasteiger partial charge in [0.15, 0.2) is 0 Å². The molecular formula is C20H27BO4. The average Bonchev–Trinajstić information content (AvgIpc) is 2.65. The highest BCUT2D eigenvalue weighted by atomic mass is 16.7. The molecule has 1 aliphatic heterocycles. The van der Waals surface area contributed by atoms with Crippen molar-refractivity contribution in [2.45, 2.75) is 72.2 Å². The topological polar surface area (TPSA) is 44.8 Å². The van der Waals surface area contributed by atoms with Gasteiger partial charge >= 0.3 is 13.1 Å². The number of benzene rings is 1. The number of hydrogen-bond acceptors (Lipinski definition) is 4. The Balaban J connectivity index is 2.48. The van der Waals surface area contributed by atoms with E-state index < -0.39 is 29.9 Å². The lowest BCUT2D eigenvalue weighted by Gasteiger charge is -2.32. The number of hydrogen-bond donors (Lipinski definition) is 0. The van der Waals surface area contributed by atoms with Crippen LogP contribution in [0.25, 0.3) is 0 Å². The first-order valence-corrected chi connectivity index (χ1v) is 8.47. The minimum Gasteiger partial charge on any atom is -0.456 e. The third-order valence-corrected chi connectivity index (χ3v) is 4.75. The summed E-state index contributed by atoms with van der Waals surface area (Å²) < 4.78 is 17.7. The van der Waals surface area contributed by atoms with Crippen LogP contribution in [0.4, 0.5) is 0 Å². The van der Waals surface area contributed by atoms with Crippen LogP contribution in [0.2, 0.25) is 0 Å². The van der Waals surface area contributed by atoms with Crippen molar-refractivity contribution in [3.05, 3.63) is 28.8 Å². The van der Waals surface area contributed by atoms with E-state index in [-0.39, 0.29) is 0 Å². The fourth-order valence-corrected chi connectivity index (χ4v) is 2.56. The Morgan fingerprint density at radius 3 is 2.12 bits per heavy atom. The van der Waals surface area contributed by atoms with Gasteiger partial charge in [-0.25, -0.2) is 4.79 Å². The van der Waals surface area contributed by atoms with Crippen molar-refractivity contribution >= 4 is 18.6 Å². The van der Waals surface area contributed by atoms with Crippen LogP contribution < -0.4 is 5.46 Å². The van der Waals surface area contributed by atoms with E-state index in [1.807, 2.05) is 55.4 Å². The van der Waals surface area contributed by atoms with Gasteiger partial charge in [-0.05, 0) is 78.5 Å². The molecule has 0 unspecified atom stereocenters. The van der Waals surface area contributed by atoms with Crippen LogP contribution in [0, 0.1) is 19.3 Å². The fraction of sp³-hybridized carbons (Fsp3) is 0.550. The maximum Gasteiger partial charge on any atom is 0.495 e. The summed E-state index contributed by atoms with van der Waals surface area (Å²) in [5, 5.41) is 0. The van der Waals surface area contributed by atoms with E-state index >= 15 is 0 Å². The quantitative estimate of drug-likeness (QED) is 0.470. The van der Waals surface area contributed by atoms with Gasteiger partial charge in [-0.2, -0.15) is 0 Å². The van der Waals surface area contributed by atoms with Gasteiger partial charge in [-0.1, -0.05) is 5.92 Å². The highest BCUT2D eigenvalue weighted by Gasteiger charge is 2.52. The van der Waals surface area contributed by atoms with E-state index in [4.69, 9.17) is 20.5 Å². The highest BCUT2D eigenvalue weighted by molar-refractivity contribution is 6.62. The minimum atomic E-state index is -0.584. The van der Waals surface area contributed by atoms with Crippen LogP contribution in [0.1, 0.15) is 70.0 Å². The molecule has 1 aromatic carbocycles. The molecule has 0 bridgehead atoms. The molecule has 0 N–H and O–H groups in total. The highest BCUT2D eigenvalue weighted by Crippen LogP contribution is 2.37. The number of ether oxygens (including phenoxy) is 1. The number of terminal acetylenes is 1. The lowest BCUT2D eigenvalue weighted by molar-refractivity contribution is 0.00578. The Morgan fingerprint density at radius 1 is 1.16 bits per heavy atom. The van der Waals surface area contributed by atoms with E-state index in [1.54, 1.807) is 12.1 Å². The van der Waals surface area contributed by atoms with E-state index in [0.717, 1.165) is 11.0 Å². The summed E-state index contributed by atoms with van der Waals surface area (Å²) in [5.41, 5.74) is 1.14. The van der Waals surface area contributed by atoms with Gasteiger partial charge in [0.25, 0.3) is 0 Å². The van der Waals surface area contributed by atoms with Crippen molar-refractivity contribution < 1.29 is 18.8 Å². The monoisotopic (exact) mass is 342 g/mol. The predicted octanol–water partition coefficient (Wildman–Crippen LogP) is 3.23. The summed E-state index contributed by atoms with van der Waals surface area (Å²) >= 11 is 0. The number of esters is 1. The standard InChI is InChI=1S/C20H27BO4/c1-10-14-11-15(17(22)23-18(3,4)5)12-16(13(14)2)21-24-19(6,7)20(8,9)25-21/h1,11-12H,2-9H3. The summed E-state index contributed by atoms with van der Waals surface area (Å²) in [6.45, 7) is 15.4. The summed E-state index contributed by atoms with van der Waals surface area (Å²) in [6.07, 6.45) is 5.64. The molecule has 1 aliphatic rings. The second-order valence-corrected chi connectivity index (χ2v) is 8.47. The molecule has 0 aromatic heterocycles. The molecule has 4 nitrogen and oxygen atoms in total. The van der Waals surface area contributed by atoms with Crippen molar-refractivity contribution in [3.63, 3.8) is 0 Å². The van der Waals surface area contributed by atoms with Crippen LogP contribution in [0.5, 0.6) is 0 Å². The van der Waals surface area contributed by atoms with Crippen molar-refractivity contribution in [2.75, 3.05) is 0 Å². The Kier molecular flexibility index (Phi) is 4.85. The largest absolute Gasteiger partial charge is 0.495 e. The Labute approximate surface area is 151 Å². The molecule has 25 heavy (non-hydrogen) atoms. The van der Waals surface area contributed by atoms with Crippen molar-refractivity contribution in [1.29, 1.82) is 0 Å². The molecule has 1 fully saturated rings. The number of rotatable bonds is 2. The van der Waals surface area contributed by atoms with Crippen molar-refractivity contribution in [3.8, 4) is 12.3 Å². The molecule has 134 valence electrons. The molecule has 0 radical (unpaired) electrons. The van der Waals surface area contributed by atoms with Crippen LogP contribution in [0.3, 0.4) is 0 Å². The molecule has 1 saturated heterocycles. The third-order valence-electron chi connectivity index (χ3n) is 4.75. The smallest absolute Gasteiger partial charge is 0.456 e. The lowest BCUT2D eigenvalue weighted by atomic mass is 9.74. The van der Waals surface area contributed by atoms with Crippen LogP contribution in [0.15, 0.2) is 12.1 Å². The summed E-state index contributed by atoms with van der Waals surface area (Å²) in [5.74, 6) is 2.22.